The lowest BCUT2D eigenvalue weighted by Gasteiger charge is -2.17. The van der Waals surface area contributed by atoms with E-state index in [0.717, 1.165) is 19.3 Å². The van der Waals surface area contributed by atoms with Crippen LogP contribution in [0, 0.1) is 0 Å². The minimum Gasteiger partial charge on any atom is -0.476 e. The minimum absolute atomic E-state index is 0.283. The second kappa shape index (κ2) is 8.58. The van der Waals surface area contributed by atoms with Crippen molar-refractivity contribution < 1.29 is 9.47 Å². The van der Waals surface area contributed by atoms with Crippen LogP contribution in [0.25, 0.3) is 0 Å². The molecule has 6 nitrogen and oxygen atoms in total. The lowest BCUT2D eigenvalue weighted by atomic mass is 10.2. The van der Waals surface area contributed by atoms with E-state index in [1.54, 1.807) is 7.11 Å². The summed E-state index contributed by atoms with van der Waals surface area (Å²) in [6, 6.07) is 0.283. The molecule has 0 radical (unpaired) electrons. The number of methoxy groups -OCH3 is 1. The molecule has 1 unspecified atom stereocenters. The van der Waals surface area contributed by atoms with E-state index in [2.05, 4.69) is 36.1 Å². The Morgan fingerprint density at radius 3 is 2.65 bits per heavy atom. The second-order valence-corrected chi connectivity index (χ2v) is 4.80. The third-order valence-corrected chi connectivity index (χ3v) is 2.96. The molecule has 3 N–H and O–H groups in total. The Kier molecular flexibility index (Phi) is 7.08. The first-order valence-electron chi connectivity index (χ1n) is 7.16. The zero-order valence-corrected chi connectivity index (χ0v) is 12.9. The maximum Gasteiger partial charge on any atom is 0.242 e. The largest absolute Gasteiger partial charge is 0.476 e. The number of nitrogens with zero attached hydrogens (tertiary/aromatic N) is 2. The van der Waals surface area contributed by atoms with Gasteiger partial charge in [0.05, 0.1) is 6.61 Å². The Balaban J connectivity index is 2.95. The van der Waals surface area contributed by atoms with Gasteiger partial charge in [-0.3, -0.25) is 0 Å². The average Bonchev–Trinajstić information content (AvgIpc) is 2.43. The van der Waals surface area contributed by atoms with Gasteiger partial charge in [-0.25, -0.2) is 4.98 Å². The van der Waals surface area contributed by atoms with Gasteiger partial charge in [-0.1, -0.05) is 20.3 Å². The highest BCUT2D eigenvalue weighted by molar-refractivity contribution is 5.67. The van der Waals surface area contributed by atoms with Crippen molar-refractivity contribution in [3.63, 3.8) is 0 Å². The number of rotatable bonds is 9. The Morgan fingerprint density at radius 1 is 1.30 bits per heavy atom. The summed E-state index contributed by atoms with van der Waals surface area (Å²) in [7, 11) is 1.61. The summed E-state index contributed by atoms with van der Waals surface area (Å²) in [6.45, 7) is 7.23. The topological polar surface area (TPSA) is 82.3 Å². The molecular formula is C14H26N4O2. The van der Waals surface area contributed by atoms with Crippen molar-refractivity contribution in [1.82, 2.24) is 9.97 Å². The molecule has 0 aromatic carbocycles. The number of unbranched alkanes of at least 4 members (excludes halogenated alkanes) is 1. The first kappa shape index (κ1) is 16.5. The first-order chi connectivity index (χ1) is 9.62. The molecule has 0 aliphatic carbocycles. The zero-order chi connectivity index (χ0) is 15.0. The molecule has 0 amide bonds. The molecule has 114 valence electrons. The van der Waals surface area contributed by atoms with Crippen LogP contribution in [0.4, 0.5) is 11.5 Å². The Bertz CT molecular complexity index is 412. The predicted octanol–water partition coefficient (Wildman–Crippen LogP) is 2.59. The van der Waals surface area contributed by atoms with Gasteiger partial charge in [0, 0.05) is 13.2 Å². The van der Waals surface area contributed by atoms with Crippen molar-refractivity contribution in [2.24, 2.45) is 0 Å². The third-order valence-electron chi connectivity index (χ3n) is 2.96. The molecule has 1 aromatic heterocycles. The maximum absolute atomic E-state index is 6.08. The maximum atomic E-state index is 6.08. The molecule has 20 heavy (non-hydrogen) atoms. The molecule has 0 saturated carbocycles. The number of hydrogen-bond donors (Lipinski definition) is 2. The molecule has 1 atom stereocenters. The van der Waals surface area contributed by atoms with E-state index >= 15 is 0 Å². The lowest BCUT2D eigenvalue weighted by molar-refractivity contribution is 0.176. The highest BCUT2D eigenvalue weighted by Crippen LogP contribution is 2.27. The van der Waals surface area contributed by atoms with Crippen LogP contribution in [0.3, 0.4) is 0 Å². The lowest BCUT2D eigenvalue weighted by Crippen LogP contribution is -2.18. The van der Waals surface area contributed by atoms with Crippen LogP contribution in [0.2, 0.25) is 0 Å². The summed E-state index contributed by atoms with van der Waals surface area (Å²) in [6.07, 6.45) is 3.01. The van der Waals surface area contributed by atoms with Crippen LogP contribution < -0.4 is 15.8 Å². The third kappa shape index (κ3) is 4.85. The normalized spacial score (nSPS) is 12.2. The number of aromatic nitrogens is 2. The molecule has 6 heteroatoms. The fourth-order valence-electron chi connectivity index (χ4n) is 1.56. The van der Waals surface area contributed by atoms with Crippen molar-refractivity contribution >= 4 is 11.5 Å². The molecule has 1 aromatic rings. The van der Waals surface area contributed by atoms with Crippen LogP contribution >= 0.6 is 0 Å². The van der Waals surface area contributed by atoms with Crippen LogP contribution in [-0.2, 0) is 11.3 Å². The van der Waals surface area contributed by atoms with Gasteiger partial charge in [0.25, 0.3) is 0 Å². The first-order valence-corrected chi connectivity index (χ1v) is 7.16. The van der Waals surface area contributed by atoms with E-state index in [1.807, 2.05) is 0 Å². The predicted molar refractivity (Wildman–Crippen MR) is 80.9 cm³/mol. The van der Waals surface area contributed by atoms with E-state index < -0.39 is 0 Å². The van der Waals surface area contributed by atoms with Crippen molar-refractivity contribution in [3.8, 4) is 5.88 Å². The molecular weight excluding hydrogens is 256 g/mol. The van der Waals surface area contributed by atoms with Crippen molar-refractivity contribution in [1.29, 1.82) is 0 Å². The molecule has 0 saturated heterocycles. The van der Waals surface area contributed by atoms with Gasteiger partial charge in [-0.2, -0.15) is 4.98 Å². The highest BCUT2D eigenvalue weighted by atomic mass is 16.5. The summed E-state index contributed by atoms with van der Waals surface area (Å²) in [5, 5.41) is 3.28. The fraction of sp³-hybridized carbons (Fsp3) is 0.714. The van der Waals surface area contributed by atoms with E-state index in [4.69, 9.17) is 15.2 Å². The van der Waals surface area contributed by atoms with Gasteiger partial charge >= 0.3 is 0 Å². The summed E-state index contributed by atoms with van der Waals surface area (Å²) >= 11 is 0. The number of nitrogens with two attached hydrogens (primary N) is 1. The van der Waals surface area contributed by atoms with Gasteiger partial charge in [0.1, 0.15) is 12.3 Å². The summed E-state index contributed by atoms with van der Waals surface area (Å²) < 4.78 is 10.7. The number of ether oxygens (including phenoxy) is 2. The monoisotopic (exact) mass is 282 g/mol. The van der Waals surface area contributed by atoms with Crippen LogP contribution in [0.5, 0.6) is 5.88 Å². The smallest absolute Gasteiger partial charge is 0.242 e. The zero-order valence-electron chi connectivity index (χ0n) is 12.9. The molecule has 0 aliphatic rings. The number of nitrogen functional groups attached to an aromatic ring is 1. The SMILES string of the molecule is CCCCOc1nc(COC)nc(NC(C)CC)c1N. The standard InChI is InChI=1S/C14H26N4O2/c1-5-7-8-20-14-12(15)13(16-10(3)6-2)17-11(18-14)9-19-4/h10H,5-9,15H2,1-4H3,(H,16,17,18). The van der Waals surface area contributed by atoms with Gasteiger partial charge < -0.3 is 20.5 Å². The molecule has 0 spiro atoms. The second-order valence-electron chi connectivity index (χ2n) is 4.80. The highest BCUT2D eigenvalue weighted by Gasteiger charge is 2.14. The Labute approximate surface area is 121 Å². The van der Waals surface area contributed by atoms with E-state index in [9.17, 15) is 0 Å². The molecule has 1 heterocycles. The van der Waals surface area contributed by atoms with Crippen molar-refractivity contribution in [3.05, 3.63) is 5.82 Å². The minimum atomic E-state index is 0.283. The molecule has 1 rings (SSSR count). The molecule has 0 aliphatic heterocycles. The van der Waals surface area contributed by atoms with Gasteiger partial charge in [-0.05, 0) is 19.8 Å². The summed E-state index contributed by atoms with van der Waals surface area (Å²) in [4.78, 5) is 8.69. The van der Waals surface area contributed by atoms with Gasteiger partial charge in [0.15, 0.2) is 11.6 Å². The number of nitrogens with one attached hydrogen (secondary N) is 1. The van der Waals surface area contributed by atoms with Crippen molar-refractivity contribution in [2.45, 2.75) is 52.7 Å². The molecule has 0 fully saturated rings. The van der Waals surface area contributed by atoms with Crippen LogP contribution in [0.1, 0.15) is 45.9 Å². The van der Waals surface area contributed by atoms with Gasteiger partial charge in [-0.15, -0.1) is 0 Å². The quantitative estimate of drug-likeness (QED) is 0.677. The van der Waals surface area contributed by atoms with Crippen LogP contribution in [-0.4, -0.2) is 29.7 Å². The molecule has 0 bridgehead atoms. The van der Waals surface area contributed by atoms with Gasteiger partial charge in [0.2, 0.25) is 5.88 Å². The fourth-order valence-corrected chi connectivity index (χ4v) is 1.56. The number of anilines is 2. The van der Waals surface area contributed by atoms with E-state index in [-0.39, 0.29) is 6.04 Å². The van der Waals surface area contributed by atoms with Crippen molar-refractivity contribution in [2.75, 3.05) is 24.8 Å². The average molecular weight is 282 g/mol. The Morgan fingerprint density at radius 2 is 2.05 bits per heavy atom. The number of hydrogen-bond acceptors (Lipinski definition) is 6. The van der Waals surface area contributed by atoms with E-state index in [1.165, 1.54) is 0 Å². The Hall–Kier alpha value is -1.56. The van der Waals surface area contributed by atoms with E-state index in [0.29, 0.717) is 36.4 Å². The van der Waals surface area contributed by atoms with Crippen LogP contribution in [0.15, 0.2) is 0 Å². The summed E-state index contributed by atoms with van der Waals surface area (Å²) in [5.41, 5.74) is 6.54. The summed E-state index contributed by atoms with van der Waals surface area (Å²) in [5.74, 6) is 1.62.